The van der Waals surface area contributed by atoms with E-state index >= 15 is 0 Å². The summed E-state index contributed by atoms with van der Waals surface area (Å²) in [6.45, 7) is 4.84. The summed E-state index contributed by atoms with van der Waals surface area (Å²) in [5.41, 5.74) is 1.55. The molecule has 0 aliphatic carbocycles. The molecule has 0 spiro atoms. The van der Waals surface area contributed by atoms with Crippen LogP contribution in [-0.4, -0.2) is 58.7 Å². The molecule has 132 valence electrons. The van der Waals surface area contributed by atoms with Gasteiger partial charge >= 0.3 is 5.97 Å². The van der Waals surface area contributed by atoms with Crippen LogP contribution in [-0.2, 0) is 11.2 Å². The lowest BCUT2D eigenvalue weighted by atomic mass is 10.2. The summed E-state index contributed by atoms with van der Waals surface area (Å²) in [6.07, 6.45) is 0.761. The summed E-state index contributed by atoms with van der Waals surface area (Å²) >= 11 is 0. The largest absolute Gasteiger partial charge is 0.480 e. The van der Waals surface area contributed by atoms with E-state index in [4.69, 9.17) is 5.11 Å². The number of piperazine rings is 1. The molecule has 1 saturated heterocycles. The van der Waals surface area contributed by atoms with E-state index in [2.05, 4.69) is 14.9 Å². The van der Waals surface area contributed by atoms with E-state index in [0.29, 0.717) is 37.6 Å². The third kappa shape index (κ3) is 4.30. The molecule has 0 saturated carbocycles. The Balaban J connectivity index is 1.82. The Morgan fingerprint density at radius 3 is 2.60 bits per heavy atom. The van der Waals surface area contributed by atoms with Gasteiger partial charge in [-0.3, -0.25) is 9.69 Å². The molecule has 0 bridgehead atoms. The Morgan fingerprint density at radius 1 is 1.20 bits per heavy atom. The zero-order valence-corrected chi connectivity index (χ0v) is 14.2. The Bertz CT molecular complexity index is 760. The van der Waals surface area contributed by atoms with Gasteiger partial charge in [-0.1, -0.05) is 19.1 Å². The van der Waals surface area contributed by atoms with Gasteiger partial charge in [-0.05, 0) is 18.6 Å². The second-order valence-electron chi connectivity index (χ2n) is 6.06. The molecule has 0 radical (unpaired) electrons. The van der Waals surface area contributed by atoms with Crippen molar-refractivity contribution in [1.82, 2.24) is 14.9 Å². The molecule has 2 heterocycles. The maximum Gasteiger partial charge on any atom is 0.317 e. The van der Waals surface area contributed by atoms with Crippen LogP contribution in [0.5, 0.6) is 0 Å². The van der Waals surface area contributed by atoms with Gasteiger partial charge in [0.25, 0.3) is 0 Å². The standard InChI is InChI=1S/C18H21FN4O2/c1-2-15-11-16(23-8-6-22(7-9-23)12-17(24)25)21-18(20-15)13-4-3-5-14(19)10-13/h3-5,10-11H,2,6-9,12H2,1H3,(H,24,25). The van der Waals surface area contributed by atoms with Crippen LogP contribution in [0.15, 0.2) is 30.3 Å². The summed E-state index contributed by atoms with van der Waals surface area (Å²) < 4.78 is 13.5. The number of carboxylic acid groups (broad SMARTS) is 1. The highest BCUT2D eigenvalue weighted by atomic mass is 19.1. The Labute approximate surface area is 145 Å². The molecule has 2 aromatic rings. The number of anilines is 1. The third-order valence-corrected chi connectivity index (χ3v) is 4.27. The van der Waals surface area contributed by atoms with Gasteiger partial charge in [0, 0.05) is 43.5 Å². The first-order valence-electron chi connectivity index (χ1n) is 8.38. The third-order valence-electron chi connectivity index (χ3n) is 4.27. The van der Waals surface area contributed by atoms with Gasteiger partial charge < -0.3 is 10.0 Å². The fraction of sp³-hybridized carbons (Fsp3) is 0.389. The minimum Gasteiger partial charge on any atom is -0.480 e. The van der Waals surface area contributed by atoms with Crippen LogP contribution in [0.2, 0.25) is 0 Å². The summed E-state index contributed by atoms with van der Waals surface area (Å²) in [5.74, 6) is 0.201. The monoisotopic (exact) mass is 344 g/mol. The number of rotatable bonds is 5. The van der Waals surface area contributed by atoms with Crippen molar-refractivity contribution in [2.45, 2.75) is 13.3 Å². The molecular weight excluding hydrogens is 323 g/mol. The van der Waals surface area contributed by atoms with E-state index in [1.807, 2.05) is 17.9 Å². The van der Waals surface area contributed by atoms with Crippen molar-refractivity contribution >= 4 is 11.8 Å². The van der Waals surface area contributed by atoms with Crippen molar-refractivity contribution in [3.63, 3.8) is 0 Å². The van der Waals surface area contributed by atoms with Crippen molar-refractivity contribution in [2.24, 2.45) is 0 Å². The predicted octanol–water partition coefficient (Wildman–Crippen LogP) is 2.05. The van der Waals surface area contributed by atoms with Gasteiger partial charge in [-0.25, -0.2) is 14.4 Å². The molecule has 7 heteroatoms. The van der Waals surface area contributed by atoms with Crippen LogP contribution >= 0.6 is 0 Å². The van der Waals surface area contributed by atoms with Crippen LogP contribution in [0.3, 0.4) is 0 Å². The lowest BCUT2D eigenvalue weighted by Crippen LogP contribution is -2.48. The number of hydrogen-bond acceptors (Lipinski definition) is 5. The second kappa shape index (κ2) is 7.57. The lowest BCUT2D eigenvalue weighted by Gasteiger charge is -2.34. The number of carboxylic acids is 1. The normalized spacial score (nSPS) is 15.4. The second-order valence-corrected chi connectivity index (χ2v) is 6.06. The number of halogens is 1. The van der Waals surface area contributed by atoms with E-state index < -0.39 is 5.97 Å². The first-order valence-corrected chi connectivity index (χ1v) is 8.38. The molecule has 1 fully saturated rings. The van der Waals surface area contributed by atoms with E-state index in [-0.39, 0.29) is 12.4 Å². The summed E-state index contributed by atoms with van der Waals surface area (Å²) in [5, 5.41) is 8.90. The lowest BCUT2D eigenvalue weighted by molar-refractivity contribution is -0.138. The van der Waals surface area contributed by atoms with Crippen LogP contribution in [0.1, 0.15) is 12.6 Å². The van der Waals surface area contributed by atoms with E-state index in [9.17, 15) is 9.18 Å². The molecule has 25 heavy (non-hydrogen) atoms. The van der Waals surface area contributed by atoms with Gasteiger partial charge in [-0.15, -0.1) is 0 Å². The number of nitrogens with zero attached hydrogens (tertiary/aromatic N) is 4. The zero-order valence-electron chi connectivity index (χ0n) is 14.2. The molecule has 3 rings (SSSR count). The van der Waals surface area contributed by atoms with Crippen LogP contribution < -0.4 is 4.90 Å². The Morgan fingerprint density at radius 2 is 1.96 bits per heavy atom. The van der Waals surface area contributed by atoms with Gasteiger partial charge in [0.15, 0.2) is 5.82 Å². The topological polar surface area (TPSA) is 69.6 Å². The SMILES string of the molecule is CCc1cc(N2CCN(CC(=O)O)CC2)nc(-c2cccc(F)c2)n1. The quantitative estimate of drug-likeness (QED) is 0.895. The van der Waals surface area contributed by atoms with E-state index in [0.717, 1.165) is 17.9 Å². The molecule has 1 aliphatic heterocycles. The molecule has 1 aliphatic rings. The predicted molar refractivity (Wildman–Crippen MR) is 93.1 cm³/mol. The zero-order chi connectivity index (χ0) is 17.8. The average Bonchev–Trinajstić information content (AvgIpc) is 2.61. The molecule has 0 unspecified atom stereocenters. The van der Waals surface area contributed by atoms with Crippen molar-refractivity contribution in [3.8, 4) is 11.4 Å². The Kier molecular flexibility index (Phi) is 5.23. The molecule has 6 nitrogen and oxygen atoms in total. The molecule has 1 N–H and O–H groups in total. The first-order chi connectivity index (χ1) is 12.0. The van der Waals surface area contributed by atoms with Crippen molar-refractivity contribution in [1.29, 1.82) is 0 Å². The highest BCUT2D eigenvalue weighted by molar-refractivity contribution is 5.69. The minimum absolute atomic E-state index is 0.0619. The van der Waals surface area contributed by atoms with Gasteiger partial charge in [0.1, 0.15) is 11.6 Å². The van der Waals surface area contributed by atoms with Crippen LogP contribution in [0, 0.1) is 5.82 Å². The highest BCUT2D eigenvalue weighted by Gasteiger charge is 2.20. The number of hydrogen-bond donors (Lipinski definition) is 1. The maximum atomic E-state index is 13.5. The molecular formula is C18H21FN4O2. The average molecular weight is 344 g/mol. The van der Waals surface area contributed by atoms with E-state index in [1.165, 1.54) is 12.1 Å². The fourth-order valence-corrected chi connectivity index (χ4v) is 2.91. The van der Waals surface area contributed by atoms with Gasteiger partial charge in [0.2, 0.25) is 0 Å². The highest BCUT2D eigenvalue weighted by Crippen LogP contribution is 2.22. The maximum absolute atomic E-state index is 13.5. The molecule has 0 amide bonds. The van der Waals surface area contributed by atoms with E-state index in [1.54, 1.807) is 12.1 Å². The van der Waals surface area contributed by atoms with Crippen molar-refractivity contribution < 1.29 is 14.3 Å². The van der Waals surface area contributed by atoms with Crippen LogP contribution in [0.25, 0.3) is 11.4 Å². The molecule has 1 aromatic carbocycles. The smallest absolute Gasteiger partial charge is 0.317 e. The number of aryl methyl sites for hydroxylation is 1. The summed E-state index contributed by atoms with van der Waals surface area (Å²) in [4.78, 5) is 24.0. The van der Waals surface area contributed by atoms with Crippen LogP contribution in [0.4, 0.5) is 10.2 Å². The summed E-state index contributed by atoms with van der Waals surface area (Å²) in [7, 11) is 0. The summed E-state index contributed by atoms with van der Waals surface area (Å²) in [6, 6.07) is 8.23. The first kappa shape index (κ1) is 17.3. The number of benzene rings is 1. The number of aromatic nitrogens is 2. The molecule has 1 aromatic heterocycles. The van der Waals surface area contributed by atoms with Crippen molar-refractivity contribution in [3.05, 3.63) is 41.8 Å². The Hall–Kier alpha value is -2.54. The fourth-order valence-electron chi connectivity index (χ4n) is 2.91. The number of aliphatic carboxylic acids is 1. The molecule has 0 atom stereocenters. The van der Waals surface area contributed by atoms with Crippen molar-refractivity contribution in [2.75, 3.05) is 37.6 Å². The van der Waals surface area contributed by atoms with Gasteiger partial charge in [0.05, 0.1) is 6.54 Å². The van der Waals surface area contributed by atoms with Gasteiger partial charge in [-0.2, -0.15) is 0 Å². The number of carbonyl (C=O) groups is 1. The minimum atomic E-state index is -0.808.